The molecule has 100 valence electrons. The summed E-state index contributed by atoms with van der Waals surface area (Å²) in [5, 5.41) is 3.22. The third-order valence-corrected chi connectivity index (χ3v) is 2.93. The van der Waals surface area contributed by atoms with Crippen molar-refractivity contribution in [1.29, 1.82) is 0 Å². The molecule has 1 unspecified atom stereocenters. The Kier molecular flexibility index (Phi) is 5.55. The maximum Gasteiger partial charge on any atom is 0.274 e. The maximum atomic E-state index is 12.0. The summed E-state index contributed by atoms with van der Waals surface area (Å²) in [4.78, 5) is 22.1. The van der Waals surface area contributed by atoms with Gasteiger partial charge in [-0.2, -0.15) is 0 Å². The smallest absolute Gasteiger partial charge is 0.274 e. The van der Waals surface area contributed by atoms with E-state index < -0.39 is 0 Å². The lowest BCUT2D eigenvalue weighted by Gasteiger charge is -2.18. The van der Waals surface area contributed by atoms with E-state index in [0.717, 1.165) is 6.42 Å². The number of carbonyl (C=O) groups excluding carboxylic acids is 1. The highest BCUT2D eigenvalue weighted by Gasteiger charge is 2.14. The minimum absolute atomic E-state index is 0.0670. The lowest BCUT2D eigenvalue weighted by molar-refractivity contribution is 0.0766. The number of hydrogen-bond acceptors (Lipinski definition) is 4. The molecule has 5 nitrogen and oxygen atoms in total. The fourth-order valence-corrected chi connectivity index (χ4v) is 1.54. The molecule has 1 aromatic heterocycles. The molecule has 0 aromatic carbocycles. The zero-order valence-corrected chi connectivity index (χ0v) is 11.6. The zero-order valence-electron chi connectivity index (χ0n) is 11.6. The van der Waals surface area contributed by atoms with Gasteiger partial charge in [-0.1, -0.05) is 6.92 Å². The van der Waals surface area contributed by atoms with Crippen LogP contribution in [0.1, 0.15) is 44.6 Å². The molecule has 0 aliphatic rings. The molecule has 0 aliphatic heterocycles. The van der Waals surface area contributed by atoms with Crippen molar-refractivity contribution in [2.75, 3.05) is 18.4 Å². The molecule has 0 saturated heterocycles. The minimum atomic E-state index is -0.0670. The van der Waals surface area contributed by atoms with Crippen molar-refractivity contribution in [2.24, 2.45) is 0 Å². The van der Waals surface area contributed by atoms with Crippen LogP contribution in [0.3, 0.4) is 0 Å². The van der Waals surface area contributed by atoms with Crippen molar-refractivity contribution in [3.05, 3.63) is 18.1 Å². The Balaban J connectivity index is 2.73. The molecule has 5 heteroatoms. The molecule has 1 aromatic rings. The molecule has 0 aliphatic carbocycles. The molecule has 0 spiro atoms. The maximum absolute atomic E-state index is 12.0. The number of amides is 1. The summed E-state index contributed by atoms with van der Waals surface area (Å²) < 4.78 is 0. The Bertz CT molecular complexity index is 373. The van der Waals surface area contributed by atoms with Crippen LogP contribution in [0.5, 0.6) is 0 Å². The highest BCUT2D eigenvalue weighted by molar-refractivity contribution is 5.92. The summed E-state index contributed by atoms with van der Waals surface area (Å²) in [6.45, 7) is 9.45. The topological polar surface area (TPSA) is 58.1 Å². The third-order valence-electron chi connectivity index (χ3n) is 2.93. The van der Waals surface area contributed by atoms with E-state index in [4.69, 9.17) is 0 Å². The van der Waals surface area contributed by atoms with E-state index in [1.165, 1.54) is 6.20 Å². The summed E-state index contributed by atoms with van der Waals surface area (Å²) in [6, 6.07) is 0.351. The van der Waals surface area contributed by atoms with Gasteiger partial charge in [0.15, 0.2) is 0 Å². The lowest BCUT2D eigenvalue weighted by atomic mass is 10.2. The number of carbonyl (C=O) groups is 1. The first kappa shape index (κ1) is 14.4. The lowest BCUT2D eigenvalue weighted by Crippen LogP contribution is -2.31. The summed E-state index contributed by atoms with van der Waals surface area (Å²) in [5.41, 5.74) is 0.397. The second-order valence-electron chi connectivity index (χ2n) is 4.22. The van der Waals surface area contributed by atoms with Crippen LogP contribution in [0.2, 0.25) is 0 Å². The van der Waals surface area contributed by atoms with Gasteiger partial charge in [-0.05, 0) is 27.2 Å². The van der Waals surface area contributed by atoms with Crippen LogP contribution in [0, 0.1) is 0 Å². The standard InChI is InChI=1S/C13H22N4O/c1-5-10(4)16-12-9-14-11(8-15-12)13(18)17(6-2)7-3/h8-10H,5-7H2,1-4H3,(H,15,16). The van der Waals surface area contributed by atoms with Gasteiger partial charge in [0, 0.05) is 19.1 Å². The molecule has 1 heterocycles. The van der Waals surface area contributed by atoms with E-state index in [2.05, 4.69) is 29.1 Å². The van der Waals surface area contributed by atoms with Gasteiger partial charge in [0.25, 0.3) is 5.91 Å². The van der Waals surface area contributed by atoms with Gasteiger partial charge >= 0.3 is 0 Å². The molecule has 0 radical (unpaired) electrons. The van der Waals surface area contributed by atoms with Crippen molar-refractivity contribution in [3.63, 3.8) is 0 Å². The van der Waals surface area contributed by atoms with Crippen molar-refractivity contribution < 1.29 is 4.79 Å². The molecule has 0 bridgehead atoms. The van der Waals surface area contributed by atoms with E-state index >= 15 is 0 Å². The summed E-state index contributed by atoms with van der Waals surface area (Å²) in [6.07, 6.45) is 4.16. The minimum Gasteiger partial charge on any atom is -0.366 e. The molecule has 0 fully saturated rings. The first-order valence-corrected chi connectivity index (χ1v) is 6.50. The van der Waals surface area contributed by atoms with Crippen molar-refractivity contribution in [2.45, 2.75) is 40.2 Å². The van der Waals surface area contributed by atoms with Crippen LogP contribution in [0.4, 0.5) is 5.82 Å². The SMILES string of the molecule is CCC(C)Nc1cnc(C(=O)N(CC)CC)cn1. The predicted molar refractivity (Wildman–Crippen MR) is 72.7 cm³/mol. The summed E-state index contributed by atoms with van der Waals surface area (Å²) in [7, 11) is 0. The van der Waals surface area contributed by atoms with Gasteiger partial charge in [-0.3, -0.25) is 4.79 Å². The van der Waals surface area contributed by atoms with Crippen LogP contribution in [0.15, 0.2) is 12.4 Å². The van der Waals surface area contributed by atoms with E-state index in [-0.39, 0.29) is 5.91 Å². The van der Waals surface area contributed by atoms with E-state index in [1.807, 2.05) is 13.8 Å². The monoisotopic (exact) mass is 250 g/mol. The molecule has 1 N–H and O–H groups in total. The number of anilines is 1. The van der Waals surface area contributed by atoms with Gasteiger partial charge in [0.1, 0.15) is 11.5 Å². The molecule has 0 saturated carbocycles. The Morgan fingerprint density at radius 1 is 1.28 bits per heavy atom. The van der Waals surface area contributed by atoms with Gasteiger partial charge in [-0.25, -0.2) is 9.97 Å². The van der Waals surface area contributed by atoms with Crippen molar-refractivity contribution in [1.82, 2.24) is 14.9 Å². The average Bonchev–Trinajstić information content (AvgIpc) is 2.40. The number of nitrogens with one attached hydrogen (secondary N) is 1. The van der Waals surface area contributed by atoms with Crippen LogP contribution >= 0.6 is 0 Å². The van der Waals surface area contributed by atoms with Crippen molar-refractivity contribution in [3.8, 4) is 0 Å². The second kappa shape index (κ2) is 6.93. The van der Waals surface area contributed by atoms with Crippen LogP contribution in [-0.2, 0) is 0 Å². The molecule has 18 heavy (non-hydrogen) atoms. The number of rotatable bonds is 6. The quantitative estimate of drug-likeness (QED) is 0.840. The summed E-state index contributed by atoms with van der Waals surface area (Å²) in [5.74, 6) is 0.642. The van der Waals surface area contributed by atoms with Gasteiger partial charge in [0.05, 0.1) is 12.4 Å². The molecule has 1 rings (SSSR count). The highest BCUT2D eigenvalue weighted by Crippen LogP contribution is 2.06. The summed E-state index contributed by atoms with van der Waals surface area (Å²) >= 11 is 0. The largest absolute Gasteiger partial charge is 0.366 e. The Morgan fingerprint density at radius 2 is 1.94 bits per heavy atom. The van der Waals surface area contributed by atoms with Gasteiger partial charge in [-0.15, -0.1) is 0 Å². The number of nitrogens with zero attached hydrogens (tertiary/aromatic N) is 3. The average molecular weight is 250 g/mol. The first-order chi connectivity index (χ1) is 8.62. The number of hydrogen-bond donors (Lipinski definition) is 1. The second-order valence-corrected chi connectivity index (χ2v) is 4.22. The van der Waals surface area contributed by atoms with Crippen LogP contribution in [0.25, 0.3) is 0 Å². The molecular formula is C13H22N4O. The Morgan fingerprint density at radius 3 is 2.39 bits per heavy atom. The van der Waals surface area contributed by atoms with E-state index in [1.54, 1.807) is 11.1 Å². The first-order valence-electron chi connectivity index (χ1n) is 6.50. The van der Waals surface area contributed by atoms with Crippen LogP contribution in [-0.4, -0.2) is 39.9 Å². The number of aromatic nitrogens is 2. The third kappa shape index (κ3) is 3.68. The van der Waals surface area contributed by atoms with E-state index in [9.17, 15) is 4.79 Å². The molecular weight excluding hydrogens is 228 g/mol. The Hall–Kier alpha value is -1.65. The van der Waals surface area contributed by atoms with Crippen molar-refractivity contribution >= 4 is 11.7 Å². The fraction of sp³-hybridized carbons (Fsp3) is 0.615. The highest BCUT2D eigenvalue weighted by atomic mass is 16.2. The normalized spacial score (nSPS) is 12.0. The van der Waals surface area contributed by atoms with Gasteiger partial charge in [0.2, 0.25) is 0 Å². The van der Waals surface area contributed by atoms with E-state index in [0.29, 0.717) is 30.6 Å². The predicted octanol–water partition coefficient (Wildman–Crippen LogP) is 2.17. The Labute approximate surface area is 109 Å². The fourth-order valence-electron chi connectivity index (χ4n) is 1.54. The molecule has 1 amide bonds. The van der Waals surface area contributed by atoms with Crippen LogP contribution < -0.4 is 5.32 Å². The molecule has 1 atom stereocenters. The zero-order chi connectivity index (χ0) is 13.5. The van der Waals surface area contributed by atoms with Gasteiger partial charge < -0.3 is 10.2 Å².